The zero-order chi connectivity index (χ0) is 16.1. The molecule has 1 aliphatic heterocycles. The molecule has 5 nitrogen and oxygen atoms in total. The largest absolute Gasteiger partial charge is 0.494 e. The summed E-state index contributed by atoms with van der Waals surface area (Å²) in [6, 6.07) is 1.53. The number of anilines is 2. The number of hydrogen-bond acceptors (Lipinski definition) is 5. The Labute approximate surface area is 136 Å². The topological polar surface area (TPSA) is 64.8 Å². The molecule has 1 aliphatic rings. The van der Waals surface area contributed by atoms with Crippen LogP contribution in [0.4, 0.5) is 11.4 Å². The second-order valence-electron chi connectivity index (χ2n) is 5.39. The molecule has 2 N–H and O–H groups in total. The first kappa shape index (κ1) is 16.7. The van der Waals surface area contributed by atoms with E-state index in [-0.39, 0.29) is 0 Å². The normalized spacial score (nSPS) is 14.8. The third kappa shape index (κ3) is 3.40. The summed E-state index contributed by atoms with van der Waals surface area (Å²) in [5, 5.41) is 0.352. The van der Waals surface area contributed by atoms with Gasteiger partial charge in [-0.3, -0.25) is 0 Å². The van der Waals surface area contributed by atoms with Gasteiger partial charge in [0.15, 0.2) is 5.75 Å². The average molecular weight is 327 g/mol. The highest BCUT2D eigenvalue weighted by atomic mass is 35.5. The minimum Gasteiger partial charge on any atom is -0.494 e. The van der Waals surface area contributed by atoms with Gasteiger partial charge in [-0.05, 0) is 31.7 Å². The Bertz CT molecular complexity index is 543. The van der Waals surface area contributed by atoms with E-state index in [9.17, 15) is 4.79 Å². The molecular weight excluding hydrogens is 304 g/mol. The molecule has 0 aliphatic carbocycles. The van der Waals surface area contributed by atoms with Crippen LogP contribution in [0.2, 0.25) is 5.02 Å². The van der Waals surface area contributed by atoms with Gasteiger partial charge in [-0.2, -0.15) is 0 Å². The van der Waals surface area contributed by atoms with Crippen molar-refractivity contribution in [1.82, 2.24) is 0 Å². The highest BCUT2D eigenvalue weighted by Crippen LogP contribution is 2.43. The molecule has 1 heterocycles. The summed E-state index contributed by atoms with van der Waals surface area (Å²) in [6.45, 7) is 4.07. The van der Waals surface area contributed by atoms with Crippen LogP contribution in [0.1, 0.15) is 43.0 Å². The number of hydrogen-bond donors (Lipinski definition) is 1. The van der Waals surface area contributed by atoms with Crippen molar-refractivity contribution in [3.63, 3.8) is 0 Å². The van der Waals surface area contributed by atoms with Crippen LogP contribution in [0.25, 0.3) is 0 Å². The standard InChI is InChI=1S/C16H23ClN2O3/c1-3-9-22-16(20)11-10-12(17)13(18)14(15(11)21-2)19-7-5-4-6-8-19/h10H,3-9,18H2,1-2H3. The number of methoxy groups -OCH3 is 1. The summed E-state index contributed by atoms with van der Waals surface area (Å²) in [6.07, 6.45) is 4.13. The number of carbonyl (C=O) groups excluding carboxylic acids is 1. The molecule has 1 fully saturated rings. The number of halogens is 1. The number of carbonyl (C=O) groups is 1. The zero-order valence-corrected chi connectivity index (χ0v) is 13.9. The van der Waals surface area contributed by atoms with Crippen LogP contribution in [0.3, 0.4) is 0 Å². The lowest BCUT2D eigenvalue weighted by Crippen LogP contribution is -2.31. The van der Waals surface area contributed by atoms with Gasteiger partial charge in [-0.25, -0.2) is 4.79 Å². The van der Waals surface area contributed by atoms with Crippen molar-refractivity contribution in [2.24, 2.45) is 0 Å². The van der Waals surface area contributed by atoms with E-state index in [4.69, 9.17) is 26.8 Å². The number of rotatable bonds is 5. The van der Waals surface area contributed by atoms with Gasteiger partial charge in [-0.15, -0.1) is 0 Å². The fourth-order valence-corrected chi connectivity index (χ4v) is 2.89. The molecule has 122 valence electrons. The first-order valence-corrected chi connectivity index (χ1v) is 8.06. The van der Waals surface area contributed by atoms with E-state index in [1.54, 1.807) is 0 Å². The minimum atomic E-state index is -0.432. The van der Waals surface area contributed by atoms with Crippen molar-refractivity contribution >= 4 is 28.9 Å². The first-order valence-electron chi connectivity index (χ1n) is 7.68. The quantitative estimate of drug-likeness (QED) is 0.663. The fraction of sp³-hybridized carbons (Fsp3) is 0.562. The van der Waals surface area contributed by atoms with Crippen molar-refractivity contribution in [3.8, 4) is 5.75 Å². The van der Waals surface area contributed by atoms with E-state index in [2.05, 4.69) is 4.90 Å². The van der Waals surface area contributed by atoms with Gasteiger partial charge in [0.2, 0.25) is 0 Å². The summed E-state index contributed by atoms with van der Waals surface area (Å²) >= 11 is 6.23. The Morgan fingerprint density at radius 1 is 1.36 bits per heavy atom. The number of nitrogens with zero attached hydrogens (tertiary/aromatic N) is 1. The number of nitrogens with two attached hydrogens (primary N) is 1. The zero-order valence-electron chi connectivity index (χ0n) is 13.2. The van der Waals surface area contributed by atoms with E-state index in [0.717, 1.165) is 32.4 Å². The van der Waals surface area contributed by atoms with Crippen molar-refractivity contribution in [1.29, 1.82) is 0 Å². The predicted molar refractivity (Wildman–Crippen MR) is 89.1 cm³/mol. The van der Waals surface area contributed by atoms with Crippen molar-refractivity contribution in [3.05, 3.63) is 16.7 Å². The molecule has 22 heavy (non-hydrogen) atoms. The third-order valence-electron chi connectivity index (χ3n) is 3.78. The van der Waals surface area contributed by atoms with E-state index >= 15 is 0 Å². The van der Waals surface area contributed by atoms with Crippen LogP contribution in [0, 0.1) is 0 Å². The minimum absolute atomic E-state index is 0.329. The Morgan fingerprint density at radius 3 is 2.64 bits per heavy atom. The van der Waals surface area contributed by atoms with Crippen molar-refractivity contribution < 1.29 is 14.3 Å². The number of esters is 1. The molecular formula is C16H23ClN2O3. The highest BCUT2D eigenvalue weighted by molar-refractivity contribution is 6.34. The summed E-state index contributed by atoms with van der Waals surface area (Å²) < 4.78 is 10.7. The van der Waals surface area contributed by atoms with Crippen molar-refractivity contribution in [2.45, 2.75) is 32.6 Å². The van der Waals surface area contributed by atoms with Crippen LogP contribution < -0.4 is 15.4 Å². The molecule has 0 amide bonds. The number of benzene rings is 1. The van der Waals surface area contributed by atoms with Gasteiger partial charge in [0, 0.05) is 13.1 Å². The lowest BCUT2D eigenvalue weighted by molar-refractivity contribution is 0.0501. The fourth-order valence-electron chi connectivity index (χ4n) is 2.70. The van der Waals surface area contributed by atoms with E-state index in [1.807, 2.05) is 6.92 Å². The number of nitrogen functional groups attached to an aromatic ring is 1. The molecule has 6 heteroatoms. The maximum absolute atomic E-state index is 12.3. The first-order chi connectivity index (χ1) is 10.6. The Balaban J connectivity index is 2.46. The van der Waals surface area contributed by atoms with Gasteiger partial charge in [0.05, 0.1) is 24.4 Å². The van der Waals surface area contributed by atoms with Gasteiger partial charge in [0.1, 0.15) is 11.3 Å². The monoisotopic (exact) mass is 326 g/mol. The highest BCUT2D eigenvalue weighted by Gasteiger charge is 2.26. The smallest absolute Gasteiger partial charge is 0.342 e. The maximum atomic E-state index is 12.3. The summed E-state index contributed by atoms with van der Waals surface area (Å²) in [4.78, 5) is 14.4. The molecule has 0 aromatic heterocycles. The van der Waals surface area contributed by atoms with E-state index < -0.39 is 5.97 Å². The lowest BCUT2D eigenvalue weighted by Gasteiger charge is -2.32. The van der Waals surface area contributed by atoms with Crippen LogP contribution >= 0.6 is 11.6 Å². The van der Waals surface area contributed by atoms with Crippen LogP contribution in [0.5, 0.6) is 5.75 Å². The van der Waals surface area contributed by atoms with Gasteiger partial charge >= 0.3 is 5.97 Å². The SMILES string of the molecule is CCCOC(=O)c1cc(Cl)c(N)c(N2CCCCC2)c1OC. The maximum Gasteiger partial charge on any atom is 0.342 e. The van der Waals surface area contributed by atoms with Crippen LogP contribution in [-0.4, -0.2) is 32.8 Å². The van der Waals surface area contributed by atoms with Crippen LogP contribution in [-0.2, 0) is 4.74 Å². The Kier molecular flexibility index (Phi) is 5.77. The molecule has 2 rings (SSSR count). The predicted octanol–water partition coefficient (Wildman–Crippen LogP) is 3.49. The van der Waals surface area contributed by atoms with E-state index in [1.165, 1.54) is 19.6 Å². The average Bonchev–Trinajstić information content (AvgIpc) is 2.55. The lowest BCUT2D eigenvalue weighted by atomic mass is 10.1. The molecule has 1 aromatic rings. The second kappa shape index (κ2) is 7.58. The molecule has 0 unspecified atom stereocenters. The summed E-state index contributed by atoms with van der Waals surface area (Å²) in [5.74, 6) is 0.0174. The van der Waals surface area contributed by atoms with Gasteiger partial charge < -0.3 is 20.1 Å². The molecule has 0 saturated carbocycles. The molecule has 1 saturated heterocycles. The summed E-state index contributed by atoms with van der Waals surface area (Å²) in [5.41, 5.74) is 7.64. The summed E-state index contributed by atoms with van der Waals surface area (Å²) in [7, 11) is 1.53. The Hall–Kier alpha value is -1.62. The van der Waals surface area contributed by atoms with Gasteiger partial charge in [0.25, 0.3) is 0 Å². The molecule has 1 aromatic carbocycles. The Morgan fingerprint density at radius 2 is 2.05 bits per heavy atom. The molecule has 0 spiro atoms. The molecule has 0 bridgehead atoms. The van der Waals surface area contributed by atoms with Crippen molar-refractivity contribution in [2.75, 3.05) is 37.4 Å². The number of piperidine rings is 1. The van der Waals surface area contributed by atoms with Crippen LogP contribution in [0.15, 0.2) is 6.07 Å². The second-order valence-corrected chi connectivity index (χ2v) is 5.79. The van der Waals surface area contributed by atoms with Gasteiger partial charge in [-0.1, -0.05) is 18.5 Å². The molecule has 0 radical (unpaired) electrons. The molecule has 0 atom stereocenters. The third-order valence-corrected chi connectivity index (χ3v) is 4.09. The number of ether oxygens (including phenoxy) is 2. The van der Waals surface area contributed by atoms with E-state index in [0.29, 0.717) is 34.3 Å².